The van der Waals surface area contributed by atoms with Crippen LogP contribution in [0.25, 0.3) is 99.5 Å². The van der Waals surface area contributed by atoms with Gasteiger partial charge in [-0.15, -0.1) is 0 Å². The van der Waals surface area contributed by atoms with Crippen LogP contribution in [-0.4, -0.2) is 9.13 Å². The lowest BCUT2D eigenvalue weighted by Crippen LogP contribution is -2.17. The van der Waals surface area contributed by atoms with E-state index in [-0.39, 0.29) is 5.41 Å². The van der Waals surface area contributed by atoms with Crippen LogP contribution in [0.15, 0.2) is 261 Å². The second-order valence-electron chi connectivity index (χ2n) is 19.7. The summed E-state index contributed by atoms with van der Waals surface area (Å²) in [5.74, 6) is 0. The Morgan fingerprint density at radius 1 is 0.278 bits per heavy atom. The van der Waals surface area contributed by atoms with Gasteiger partial charge in [0.15, 0.2) is 0 Å². The molecule has 0 saturated heterocycles. The molecule has 0 unspecified atom stereocenters. The van der Waals surface area contributed by atoms with Crippen molar-refractivity contribution in [3.05, 3.63) is 272 Å². The molecule has 0 N–H and O–H groups in total. The molecule has 2 aromatic heterocycles. The highest BCUT2D eigenvalue weighted by molar-refractivity contribution is 6.11. The SMILES string of the molecule is CC1(C)c2cc(N(c3ccc(-c4ccccc4)cc3)c3ccc(-c4ccc(-c5ccc6c7ccccc7n(-c7ccccc7)c6c5)cc4)cc3)ccc2-c2ccc(-n3c4ccccc4c4ccccc43)cc21. The minimum absolute atomic E-state index is 0.236. The van der Waals surface area contributed by atoms with Crippen LogP contribution in [0.5, 0.6) is 0 Å². The minimum atomic E-state index is -0.236. The van der Waals surface area contributed by atoms with Crippen molar-refractivity contribution in [1.82, 2.24) is 9.13 Å². The molecule has 0 fully saturated rings. The number of para-hydroxylation sites is 4. The third kappa shape index (κ3) is 6.66. The normalized spacial score (nSPS) is 12.7. The molecule has 3 heteroatoms. The maximum atomic E-state index is 2.43. The number of hydrogen-bond donors (Lipinski definition) is 0. The van der Waals surface area contributed by atoms with E-state index in [1.165, 1.54) is 111 Å². The third-order valence-corrected chi connectivity index (χ3v) is 15.3. The molecule has 0 spiro atoms. The largest absolute Gasteiger partial charge is 0.310 e. The summed E-state index contributed by atoms with van der Waals surface area (Å²) in [5, 5.41) is 5.07. The first kappa shape index (κ1) is 41.8. The van der Waals surface area contributed by atoms with E-state index in [0.717, 1.165) is 17.1 Å². The molecule has 72 heavy (non-hydrogen) atoms. The van der Waals surface area contributed by atoms with E-state index in [1.807, 2.05) is 0 Å². The smallest absolute Gasteiger partial charge is 0.0547 e. The zero-order valence-electron chi connectivity index (χ0n) is 40.2. The summed E-state index contributed by atoms with van der Waals surface area (Å²) in [7, 11) is 0. The first-order chi connectivity index (χ1) is 35.5. The molecule has 0 radical (unpaired) electrons. The van der Waals surface area contributed by atoms with Gasteiger partial charge in [-0.3, -0.25) is 0 Å². The highest BCUT2D eigenvalue weighted by Crippen LogP contribution is 2.52. The molecular weight excluding hydrogens is 871 g/mol. The monoisotopic (exact) mass is 919 g/mol. The van der Waals surface area contributed by atoms with Gasteiger partial charge in [-0.2, -0.15) is 0 Å². The number of rotatable bonds is 8. The summed E-state index contributed by atoms with van der Waals surface area (Å²) in [6, 6.07) is 95.7. The molecule has 0 bridgehead atoms. The van der Waals surface area contributed by atoms with Crippen molar-refractivity contribution in [3.8, 4) is 55.9 Å². The fourth-order valence-corrected chi connectivity index (χ4v) is 11.7. The van der Waals surface area contributed by atoms with E-state index in [1.54, 1.807) is 0 Å². The van der Waals surface area contributed by atoms with E-state index in [2.05, 4.69) is 289 Å². The molecule has 0 amide bonds. The summed E-state index contributed by atoms with van der Waals surface area (Å²) in [6.07, 6.45) is 0. The predicted molar refractivity (Wildman–Crippen MR) is 304 cm³/mol. The Labute approximate surface area is 419 Å². The fourth-order valence-electron chi connectivity index (χ4n) is 11.7. The summed E-state index contributed by atoms with van der Waals surface area (Å²) in [6.45, 7) is 4.78. The average Bonchev–Trinajstić information content (AvgIpc) is 4.04. The summed E-state index contributed by atoms with van der Waals surface area (Å²) < 4.78 is 4.82. The molecule has 3 nitrogen and oxygen atoms in total. The molecule has 1 aliphatic carbocycles. The van der Waals surface area contributed by atoms with E-state index < -0.39 is 0 Å². The Morgan fingerprint density at radius 3 is 1.22 bits per heavy atom. The number of fused-ring (bicyclic) bond motifs is 9. The highest BCUT2D eigenvalue weighted by atomic mass is 15.1. The number of nitrogens with zero attached hydrogens (tertiary/aromatic N) is 3. The number of hydrogen-bond acceptors (Lipinski definition) is 1. The van der Waals surface area contributed by atoms with E-state index >= 15 is 0 Å². The van der Waals surface area contributed by atoms with Crippen LogP contribution in [0.2, 0.25) is 0 Å². The number of aromatic nitrogens is 2. The lowest BCUT2D eigenvalue weighted by molar-refractivity contribution is 0.660. The van der Waals surface area contributed by atoms with Crippen LogP contribution in [0.1, 0.15) is 25.0 Å². The molecule has 1 aliphatic rings. The second kappa shape index (κ2) is 16.5. The first-order valence-corrected chi connectivity index (χ1v) is 25.0. The van der Waals surface area contributed by atoms with Crippen molar-refractivity contribution in [2.24, 2.45) is 0 Å². The van der Waals surface area contributed by atoms with Crippen LogP contribution >= 0.6 is 0 Å². The fraction of sp³-hybridized carbons (Fsp3) is 0.0435. The van der Waals surface area contributed by atoms with Gasteiger partial charge in [-0.05, 0) is 141 Å². The third-order valence-electron chi connectivity index (χ3n) is 15.3. The van der Waals surface area contributed by atoms with Crippen LogP contribution in [-0.2, 0) is 5.41 Å². The standard InChI is InChI=1S/C69H49N3/c1-69(2)63-44-55(38-41-57(63)58-42-39-56(45-64(58)69)72-66-23-13-9-19-59(66)60-20-10-14-24-67(60)72)70(53-34-29-48(30-35-53)46-15-5-3-6-16-46)54-36-31-49(32-37-54)47-25-27-50(28-26-47)51-33-40-62-61-21-11-12-22-65(61)71(68(62)43-51)52-17-7-4-8-18-52/h3-45H,1-2H3. The van der Waals surface area contributed by atoms with Gasteiger partial charge in [0.2, 0.25) is 0 Å². The topological polar surface area (TPSA) is 13.1 Å². The lowest BCUT2D eigenvalue weighted by Gasteiger charge is -2.28. The average molecular weight is 920 g/mol. The zero-order chi connectivity index (χ0) is 47.9. The van der Waals surface area contributed by atoms with Crippen molar-refractivity contribution >= 4 is 60.7 Å². The number of anilines is 3. The van der Waals surface area contributed by atoms with Gasteiger partial charge in [-0.25, -0.2) is 0 Å². The van der Waals surface area contributed by atoms with Gasteiger partial charge >= 0.3 is 0 Å². The van der Waals surface area contributed by atoms with Crippen LogP contribution in [0.4, 0.5) is 17.1 Å². The van der Waals surface area contributed by atoms with E-state index in [9.17, 15) is 0 Å². The second-order valence-corrected chi connectivity index (χ2v) is 19.7. The predicted octanol–water partition coefficient (Wildman–Crippen LogP) is 18.7. The van der Waals surface area contributed by atoms with Gasteiger partial charge in [0.05, 0.1) is 22.1 Å². The Bertz CT molecular complexity index is 4140. The quantitative estimate of drug-likeness (QED) is 0.148. The Hall–Kier alpha value is -9.18. The Balaban J connectivity index is 0.813. The maximum absolute atomic E-state index is 2.43. The maximum Gasteiger partial charge on any atom is 0.0547 e. The molecule has 13 aromatic rings. The van der Waals surface area contributed by atoms with Crippen molar-refractivity contribution in [2.45, 2.75) is 19.3 Å². The van der Waals surface area contributed by atoms with Crippen molar-refractivity contribution in [3.63, 3.8) is 0 Å². The molecule has 11 aromatic carbocycles. The molecule has 340 valence electrons. The summed E-state index contributed by atoms with van der Waals surface area (Å²) in [5.41, 5.74) is 22.8. The summed E-state index contributed by atoms with van der Waals surface area (Å²) >= 11 is 0. The molecule has 14 rings (SSSR count). The van der Waals surface area contributed by atoms with Gasteiger partial charge in [-0.1, -0.05) is 190 Å². The van der Waals surface area contributed by atoms with Crippen molar-refractivity contribution < 1.29 is 0 Å². The van der Waals surface area contributed by atoms with Crippen LogP contribution in [0.3, 0.4) is 0 Å². The minimum Gasteiger partial charge on any atom is -0.310 e. The van der Waals surface area contributed by atoms with Crippen molar-refractivity contribution in [1.29, 1.82) is 0 Å². The van der Waals surface area contributed by atoms with E-state index in [0.29, 0.717) is 0 Å². The van der Waals surface area contributed by atoms with Gasteiger partial charge in [0.25, 0.3) is 0 Å². The first-order valence-electron chi connectivity index (χ1n) is 25.0. The molecule has 0 saturated carbocycles. The molecule has 0 aliphatic heterocycles. The van der Waals surface area contributed by atoms with Crippen LogP contribution < -0.4 is 4.90 Å². The van der Waals surface area contributed by atoms with Crippen LogP contribution in [0, 0.1) is 0 Å². The van der Waals surface area contributed by atoms with Gasteiger partial charge in [0.1, 0.15) is 0 Å². The zero-order valence-corrected chi connectivity index (χ0v) is 40.2. The molecule has 0 atom stereocenters. The highest BCUT2D eigenvalue weighted by Gasteiger charge is 2.36. The van der Waals surface area contributed by atoms with Gasteiger partial charge < -0.3 is 14.0 Å². The molecule has 2 heterocycles. The Kier molecular flexibility index (Phi) is 9.56. The lowest BCUT2D eigenvalue weighted by atomic mass is 9.82. The van der Waals surface area contributed by atoms with Crippen molar-refractivity contribution in [2.75, 3.05) is 4.90 Å². The molecular formula is C69H49N3. The Morgan fingerprint density at radius 2 is 0.667 bits per heavy atom. The van der Waals surface area contributed by atoms with E-state index in [4.69, 9.17) is 0 Å². The van der Waals surface area contributed by atoms with Gasteiger partial charge in [0, 0.05) is 55.4 Å². The summed E-state index contributed by atoms with van der Waals surface area (Å²) in [4.78, 5) is 2.41. The number of benzene rings is 11.